The molecule has 0 aliphatic rings. The Morgan fingerprint density at radius 3 is 2.96 bits per heavy atom. The van der Waals surface area contributed by atoms with Crippen LogP contribution in [0.4, 0.5) is 0 Å². The van der Waals surface area contributed by atoms with Crippen molar-refractivity contribution in [3.63, 3.8) is 0 Å². The predicted octanol–water partition coefficient (Wildman–Crippen LogP) is 1.97. The van der Waals surface area contributed by atoms with E-state index in [0.717, 1.165) is 16.5 Å². The summed E-state index contributed by atoms with van der Waals surface area (Å²) in [7, 11) is 3.42. The Kier molecular flexibility index (Phi) is 4.86. The Labute approximate surface area is 143 Å². The molecule has 3 rings (SSSR count). The minimum Gasteiger partial charge on any atom is -0.414 e. The van der Waals surface area contributed by atoms with Crippen LogP contribution < -0.4 is 5.73 Å². The minimum atomic E-state index is -0.393. The van der Waals surface area contributed by atoms with E-state index in [1.54, 1.807) is 14.1 Å². The fraction of sp³-hybridized carbons (Fsp3) is 0.312. The van der Waals surface area contributed by atoms with Crippen molar-refractivity contribution in [3.8, 4) is 0 Å². The minimum absolute atomic E-state index is 0.0113. The number of nitrogens with two attached hydrogens (primary N) is 1. The average Bonchev–Trinajstić information content (AvgIpc) is 3.20. The third-order valence-corrected chi connectivity index (χ3v) is 4.48. The molecule has 0 saturated carbocycles. The molecule has 3 N–H and O–H groups in total. The van der Waals surface area contributed by atoms with E-state index in [9.17, 15) is 4.79 Å². The molecule has 0 saturated heterocycles. The molecule has 1 aromatic carbocycles. The third-order valence-electron chi connectivity index (χ3n) is 3.67. The van der Waals surface area contributed by atoms with Crippen molar-refractivity contribution in [1.82, 2.24) is 20.1 Å². The molecule has 7 nitrogen and oxygen atoms in total. The lowest BCUT2D eigenvalue weighted by Gasteiger charge is -2.08. The van der Waals surface area contributed by atoms with Gasteiger partial charge >= 0.3 is 0 Å². The molecule has 3 aromatic rings. The molecular weight excluding hydrogens is 326 g/mol. The average molecular weight is 345 g/mol. The lowest BCUT2D eigenvalue weighted by atomic mass is 10.1. The number of carbonyl (C=O) groups excluding carboxylic acids is 1. The number of para-hydroxylation sites is 1. The second-order valence-corrected chi connectivity index (χ2v) is 6.58. The van der Waals surface area contributed by atoms with E-state index in [2.05, 4.69) is 21.2 Å². The van der Waals surface area contributed by atoms with Gasteiger partial charge in [-0.25, -0.2) is 0 Å². The van der Waals surface area contributed by atoms with Crippen LogP contribution in [0.1, 0.15) is 17.5 Å². The summed E-state index contributed by atoms with van der Waals surface area (Å²) in [5.41, 5.74) is 8.38. The van der Waals surface area contributed by atoms with Crippen LogP contribution in [0, 0.1) is 0 Å². The fourth-order valence-corrected chi connectivity index (χ4v) is 3.05. The van der Waals surface area contributed by atoms with Crippen molar-refractivity contribution < 1.29 is 9.21 Å². The van der Waals surface area contributed by atoms with E-state index in [1.807, 2.05) is 24.4 Å². The summed E-state index contributed by atoms with van der Waals surface area (Å²) in [5, 5.41) is 9.44. The number of rotatable bonds is 6. The number of fused-ring (bicyclic) bond motifs is 1. The number of aromatic nitrogens is 3. The normalized spacial score (nSPS) is 12.5. The first-order chi connectivity index (χ1) is 11.5. The first kappa shape index (κ1) is 16.5. The standard InChI is InChI=1S/C16H19N5O2S/c1-21(2)14(22)9-24-16-20-19-15(23-16)12(17)7-10-8-18-13-6-4-3-5-11(10)13/h3-6,8,12,18H,7,9,17H2,1-2H3/t12-/m0/s1. The topological polar surface area (TPSA) is 101 Å². The van der Waals surface area contributed by atoms with Gasteiger partial charge in [-0.15, -0.1) is 10.2 Å². The second-order valence-electron chi connectivity index (χ2n) is 5.65. The van der Waals surface area contributed by atoms with Gasteiger partial charge in [0.25, 0.3) is 5.22 Å². The Morgan fingerprint density at radius 2 is 2.17 bits per heavy atom. The van der Waals surface area contributed by atoms with Crippen molar-refractivity contribution in [2.45, 2.75) is 17.7 Å². The highest BCUT2D eigenvalue weighted by atomic mass is 32.2. The predicted molar refractivity (Wildman–Crippen MR) is 92.6 cm³/mol. The number of hydrogen-bond donors (Lipinski definition) is 2. The molecule has 0 aliphatic carbocycles. The van der Waals surface area contributed by atoms with E-state index in [1.165, 1.54) is 16.7 Å². The van der Waals surface area contributed by atoms with E-state index < -0.39 is 6.04 Å². The summed E-state index contributed by atoms with van der Waals surface area (Å²) in [6.07, 6.45) is 2.54. The summed E-state index contributed by atoms with van der Waals surface area (Å²) in [4.78, 5) is 16.3. The number of nitrogens with zero attached hydrogens (tertiary/aromatic N) is 3. The number of aromatic amines is 1. The van der Waals surface area contributed by atoms with Crippen LogP contribution in [-0.2, 0) is 11.2 Å². The van der Waals surface area contributed by atoms with Gasteiger partial charge < -0.3 is 20.0 Å². The summed E-state index contributed by atoms with van der Waals surface area (Å²) in [5.74, 6) is 0.620. The van der Waals surface area contributed by atoms with Crippen LogP contribution in [0.25, 0.3) is 10.9 Å². The van der Waals surface area contributed by atoms with Gasteiger partial charge in [0.1, 0.15) is 0 Å². The van der Waals surface area contributed by atoms with Crippen molar-refractivity contribution >= 4 is 28.6 Å². The molecule has 0 radical (unpaired) electrons. The molecule has 0 aliphatic heterocycles. The van der Waals surface area contributed by atoms with Gasteiger partial charge in [-0.1, -0.05) is 30.0 Å². The summed E-state index contributed by atoms with van der Waals surface area (Å²) in [6.45, 7) is 0. The fourth-order valence-electron chi connectivity index (χ4n) is 2.31. The maximum absolute atomic E-state index is 11.6. The lowest BCUT2D eigenvalue weighted by Crippen LogP contribution is -2.23. The number of amides is 1. The van der Waals surface area contributed by atoms with Gasteiger partial charge in [-0.2, -0.15) is 0 Å². The zero-order valence-corrected chi connectivity index (χ0v) is 14.3. The van der Waals surface area contributed by atoms with Gasteiger partial charge in [0, 0.05) is 31.2 Å². The van der Waals surface area contributed by atoms with E-state index in [-0.39, 0.29) is 11.7 Å². The zero-order valence-electron chi connectivity index (χ0n) is 13.5. The van der Waals surface area contributed by atoms with Crippen LogP contribution in [0.5, 0.6) is 0 Å². The smallest absolute Gasteiger partial charge is 0.277 e. The van der Waals surface area contributed by atoms with Crippen LogP contribution in [0.3, 0.4) is 0 Å². The Morgan fingerprint density at radius 1 is 1.38 bits per heavy atom. The van der Waals surface area contributed by atoms with Crippen molar-refractivity contribution in [1.29, 1.82) is 0 Å². The Bertz CT molecular complexity index is 842. The first-order valence-electron chi connectivity index (χ1n) is 7.51. The zero-order chi connectivity index (χ0) is 17.1. The van der Waals surface area contributed by atoms with Crippen molar-refractivity contribution in [2.75, 3.05) is 19.8 Å². The van der Waals surface area contributed by atoms with Gasteiger partial charge in [-0.05, 0) is 18.1 Å². The van der Waals surface area contributed by atoms with Crippen LogP contribution in [-0.4, -0.2) is 45.8 Å². The SMILES string of the molecule is CN(C)C(=O)CSc1nnc([C@@H](N)Cc2c[nH]c3ccccc23)o1. The number of benzene rings is 1. The molecule has 1 atom stereocenters. The second kappa shape index (κ2) is 7.06. The Balaban J connectivity index is 1.65. The molecular formula is C16H19N5O2S. The number of nitrogens with one attached hydrogen (secondary N) is 1. The largest absolute Gasteiger partial charge is 0.414 e. The Hall–Kier alpha value is -2.32. The van der Waals surface area contributed by atoms with Gasteiger partial charge in [0.05, 0.1) is 11.8 Å². The maximum Gasteiger partial charge on any atom is 0.277 e. The maximum atomic E-state index is 11.6. The molecule has 8 heteroatoms. The highest BCUT2D eigenvalue weighted by Crippen LogP contribution is 2.24. The van der Waals surface area contributed by atoms with Gasteiger partial charge in [0.2, 0.25) is 11.8 Å². The van der Waals surface area contributed by atoms with Crippen molar-refractivity contribution in [3.05, 3.63) is 41.9 Å². The summed E-state index contributed by atoms with van der Waals surface area (Å²) in [6, 6.07) is 7.66. The van der Waals surface area contributed by atoms with Crippen LogP contribution in [0.15, 0.2) is 40.1 Å². The van der Waals surface area contributed by atoms with Crippen LogP contribution in [0.2, 0.25) is 0 Å². The molecule has 0 unspecified atom stereocenters. The molecule has 1 amide bonds. The van der Waals surface area contributed by atoms with Gasteiger partial charge in [-0.3, -0.25) is 4.79 Å². The highest BCUT2D eigenvalue weighted by Gasteiger charge is 2.18. The molecule has 126 valence electrons. The van der Waals surface area contributed by atoms with E-state index >= 15 is 0 Å². The van der Waals surface area contributed by atoms with E-state index in [4.69, 9.17) is 10.2 Å². The first-order valence-corrected chi connectivity index (χ1v) is 8.50. The van der Waals surface area contributed by atoms with Gasteiger partial charge in [0.15, 0.2) is 0 Å². The van der Waals surface area contributed by atoms with Crippen molar-refractivity contribution in [2.24, 2.45) is 5.73 Å². The molecule has 0 bridgehead atoms. The summed E-state index contributed by atoms with van der Waals surface area (Å²) < 4.78 is 5.57. The number of hydrogen-bond acceptors (Lipinski definition) is 6. The molecule has 2 heterocycles. The third kappa shape index (κ3) is 3.60. The van der Waals surface area contributed by atoms with E-state index in [0.29, 0.717) is 17.5 Å². The highest BCUT2D eigenvalue weighted by molar-refractivity contribution is 7.99. The number of H-pyrrole nitrogens is 1. The molecule has 0 spiro atoms. The number of carbonyl (C=O) groups is 1. The van der Waals surface area contributed by atoms with Crippen LogP contribution >= 0.6 is 11.8 Å². The molecule has 2 aromatic heterocycles. The number of thioether (sulfide) groups is 1. The molecule has 0 fully saturated rings. The summed E-state index contributed by atoms with van der Waals surface area (Å²) >= 11 is 1.21. The molecule has 24 heavy (non-hydrogen) atoms. The monoisotopic (exact) mass is 345 g/mol. The quantitative estimate of drug-likeness (QED) is 0.663. The lowest BCUT2D eigenvalue weighted by molar-refractivity contribution is -0.125.